The molecular weight excluding hydrogens is 507 g/mol. The first-order valence-electron chi connectivity index (χ1n) is 12.2. The van der Waals surface area contributed by atoms with E-state index in [1.807, 2.05) is 0 Å². The maximum Gasteiger partial charge on any atom is 0.255 e. The van der Waals surface area contributed by atoms with Gasteiger partial charge in [0, 0.05) is 11.3 Å². The highest BCUT2D eigenvalue weighted by atomic mass is 35.5. The van der Waals surface area contributed by atoms with E-state index in [-0.39, 0.29) is 17.0 Å². The minimum absolute atomic E-state index is 0.0202. The molecule has 35 heavy (non-hydrogen) atoms. The van der Waals surface area contributed by atoms with Gasteiger partial charge in [0.1, 0.15) is 5.75 Å². The Kier molecular flexibility index (Phi) is 12.7. The van der Waals surface area contributed by atoms with Gasteiger partial charge in [-0.25, -0.2) is 8.42 Å². The Morgan fingerprint density at radius 2 is 1.49 bits per heavy atom. The van der Waals surface area contributed by atoms with Crippen molar-refractivity contribution in [2.24, 2.45) is 0 Å². The van der Waals surface area contributed by atoms with Crippen LogP contribution in [0.4, 0.5) is 11.4 Å². The van der Waals surface area contributed by atoms with Crippen molar-refractivity contribution in [3.8, 4) is 5.75 Å². The molecule has 0 aliphatic carbocycles. The summed E-state index contributed by atoms with van der Waals surface area (Å²) in [5, 5.41) is 3.43. The lowest BCUT2D eigenvalue weighted by atomic mass is 10.1. The minimum atomic E-state index is -3.58. The van der Waals surface area contributed by atoms with E-state index >= 15 is 0 Å². The van der Waals surface area contributed by atoms with Crippen molar-refractivity contribution in [1.29, 1.82) is 0 Å². The number of hydrogen-bond donors (Lipinski definition) is 2. The third kappa shape index (κ3) is 10.7. The van der Waals surface area contributed by atoms with Crippen LogP contribution in [0.1, 0.15) is 81.5 Å². The number of sulfonamides is 1. The first-order chi connectivity index (χ1) is 16.8. The first kappa shape index (κ1) is 29.3. The van der Waals surface area contributed by atoms with Crippen LogP contribution in [-0.2, 0) is 10.0 Å². The van der Waals surface area contributed by atoms with E-state index in [4.69, 9.17) is 27.9 Å². The molecule has 0 aliphatic heterocycles. The Morgan fingerprint density at radius 3 is 2.09 bits per heavy atom. The van der Waals surface area contributed by atoms with Crippen LogP contribution in [0.25, 0.3) is 0 Å². The molecule has 0 heterocycles. The van der Waals surface area contributed by atoms with Crippen LogP contribution in [0.15, 0.2) is 36.4 Å². The van der Waals surface area contributed by atoms with E-state index in [9.17, 15) is 13.2 Å². The number of ether oxygens (including phenoxy) is 1. The third-order valence-corrected chi connectivity index (χ3v) is 7.77. The molecule has 2 N–H and O–H groups in total. The molecule has 194 valence electrons. The Labute approximate surface area is 219 Å². The van der Waals surface area contributed by atoms with Crippen LogP contribution in [0.5, 0.6) is 5.75 Å². The molecule has 0 saturated carbocycles. The highest BCUT2D eigenvalue weighted by Crippen LogP contribution is 2.28. The number of hydrogen-bond acceptors (Lipinski definition) is 4. The predicted molar refractivity (Wildman–Crippen MR) is 147 cm³/mol. The number of halogens is 2. The summed E-state index contributed by atoms with van der Waals surface area (Å²) in [5.41, 5.74) is 0.971. The molecule has 0 aromatic heterocycles. The molecule has 0 aliphatic rings. The lowest BCUT2D eigenvalue weighted by molar-refractivity contribution is 0.102. The zero-order chi connectivity index (χ0) is 25.7. The van der Waals surface area contributed by atoms with Gasteiger partial charge in [0.2, 0.25) is 10.0 Å². The number of unbranched alkanes of at least 4 members (excludes halogenated alkanes) is 9. The fourth-order valence-corrected chi connectivity index (χ4v) is 5.18. The van der Waals surface area contributed by atoms with Crippen molar-refractivity contribution in [3.05, 3.63) is 52.0 Å². The monoisotopic (exact) mass is 542 g/mol. The fraction of sp³-hybridized carbons (Fsp3) is 0.500. The average molecular weight is 544 g/mol. The highest BCUT2D eigenvalue weighted by Gasteiger charge is 2.16. The molecule has 0 radical (unpaired) electrons. The quantitative estimate of drug-likeness (QED) is 0.211. The lowest BCUT2D eigenvalue weighted by Gasteiger charge is -2.14. The van der Waals surface area contributed by atoms with Gasteiger partial charge in [0.25, 0.3) is 5.91 Å². The topological polar surface area (TPSA) is 84.5 Å². The molecule has 2 aromatic carbocycles. The number of carbonyl (C=O) groups is 1. The van der Waals surface area contributed by atoms with Gasteiger partial charge in [-0.15, -0.1) is 0 Å². The molecule has 0 bridgehead atoms. The Bertz CT molecular complexity index is 1060. The number of nitrogens with one attached hydrogen (secondary N) is 2. The Balaban J connectivity index is 1.88. The van der Waals surface area contributed by atoms with Crippen LogP contribution < -0.4 is 14.8 Å². The molecule has 2 aromatic rings. The molecule has 1 amide bonds. The molecule has 2 rings (SSSR count). The fourth-order valence-electron chi connectivity index (χ4n) is 3.70. The van der Waals surface area contributed by atoms with Gasteiger partial charge < -0.3 is 10.1 Å². The first-order valence-corrected chi connectivity index (χ1v) is 14.6. The standard InChI is InChI=1S/C26H36Cl2N2O4S/c1-3-4-5-6-7-8-9-10-11-12-17-35(32,33)30-24-18-20(13-16-25(24)34-2)26(31)29-21-14-15-22(27)23(28)19-21/h13-16,18-19,30H,3-12,17H2,1-2H3,(H,29,31). The van der Waals surface area contributed by atoms with Crippen LogP contribution in [0.3, 0.4) is 0 Å². The molecular formula is C26H36Cl2N2O4S. The molecule has 0 unspecified atom stereocenters. The van der Waals surface area contributed by atoms with Gasteiger partial charge in [-0.2, -0.15) is 0 Å². The maximum absolute atomic E-state index is 12.7. The van der Waals surface area contributed by atoms with Gasteiger partial charge in [-0.05, 0) is 42.8 Å². The van der Waals surface area contributed by atoms with Crippen LogP contribution in [0, 0.1) is 0 Å². The van der Waals surface area contributed by atoms with Crippen molar-refractivity contribution in [2.75, 3.05) is 22.9 Å². The molecule has 0 saturated heterocycles. The molecule has 9 heteroatoms. The number of anilines is 2. The largest absolute Gasteiger partial charge is 0.495 e. The van der Waals surface area contributed by atoms with E-state index in [1.165, 1.54) is 51.7 Å². The van der Waals surface area contributed by atoms with Crippen molar-refractivity contribution in [3.63, 3.8) is 0 Å². The average Bonchev–Trinajstić information content (AvgIpc) is 2.82. The second kappa shape index (κ2) is 15.2. The predicted octanol–water partition coefficient (Wildman–Crippen LogP) is 7.92. The molecule has 0 fully saturated rings. The van der Waals surface area contributed by atoms with Crippen molar-refractivity contribution >= 4 is 50.5 Å². The highest BCUT2D eigenvalue weighted by molar-refractivity contribution is 7.92. The number of carbonyl (C=O) groups excluding carboxylic acids is 1. The summed E-state index contributed by atoms with van der Waals surface area (Å²) in [6.45, 7) is 2.21. The number of rotatable bonds is 16. The van der Waals surface area contributed by atoms with Crippen LogP contribution >= 0.6 is 23.2 Å². The van der Waals surface area contributed by atoms with Gasteiger partial charge in [0.05, 0.1) is 28.6 Å². The van der Waals surface area contributed by atoms with Gasteiger partial charge in [-0.3, -0.25) is 9.52 Å². The minimum Gasteiger partial charge on any atom is -0.495 e. The van der Waals surface area contributed by atoms with Gasteiger partial charge >= 0.3 is 0 Å². The summed E-state index contributed by atoms with van der Waals surface area (Å²) in [4.78, 5) is 12.7. The SMILES string of the molecule is CCCCCCCCCCCCS(=O)(=O)Nc1cc(C(=O)Nc2ccc(Cl)c(Cl)c2)ccc1OC. The molecule has 6 nitrogen and oxygen atoms in total. The van der Waals surface area contributed by atoms with Crippen molar-refractivity contribution in [1.82, 2.24) is 0 Å². The number of methoxy groups -OCH3 is 1. The summed E-state index contributed by atoms with van der Waals surface area (Å²) < 4.78 is 33.2. The summed E-state index contributed by atoms with van der Waals surface area (Å²) >= 11 is 11.9. The second-order valence-electron chi connectivity index (χ2n) is 8.60. The summed E-state index contributed by atoms with van der Waals surface area (Å²) in [7, 11) is -2.13. The number of benzene rings is 2. The van der Waals surface area contributed by atoms with E-state index < -0.39 is 15.9 Å². The van der Waals surface area contributed by atoms with Crippen molar-refractivity contribution in [2.45, 2.75) is 71.1 Å². The molecule has 0 atom stereocenters. The summed E-state index contributed by atoms with van der Waals surface area (Å²) in [6, 6.07) is 9.34. The van der Waals surface area contributed by atoms with Crippen LogP contribution in [0.2, 0.25) is 10.0 Å². The lowest BCUT2D eigenvalue weighted by Crippen LogP contribution is -2.18. The summed E-state index contributed by atoms with van der Waals surface area (Å²) in [5.74, 6) is -0.0595. The van der Waals surface area contributed by atoms with Gasteiger partial charge in [-0.1, -0.05) is 87.9 Å². The Hall–Kier alpha value is -1.96. The van der Waals surface area contributed by atoms with Crippen LogP contribution in [-0.4, -0.2) is 27.2 Å². The van der Waals surface area contributed by atoms with E-state index in [0.29, 0.717) is 27.9 Å². The van der Waals surface area contributed by atoms with Crippen molar-refractivity contribution < 1.29 is 17.9 Å². The Morgan fingerprint density at radius 1 is 0.857 bits per heavy atom. The van der Waals surface area contributed by atoms with Gasteiger partial charge in [0.15, 0.2) is 0 Å². The zero-order valence-corrected chi connectivity index (χ0v) is 22.9. The maximum atomic E-state index is 12.7. The summed E-state index contributed by atoms with van der Waals surface area (Å²) in [6.07, 6.45) is 11.3. The van der Waals surface area contributed by atoms with E-state index in [1.54, 1.807) is 30.3 Å². The normalized spacial score (nSPS) is 11.3. The second-order valence-corrected chi connectivity index (χ2v) is 11.3. The third-order valence-electron chi connectivity index (χ3n) is 5.67. The zero-order valence-electron chi connectivity index (χ0n) is 20.5. The number of amides is 1. The molecule has 0 spiro atoms. The van der Waals surface area contributed by atoms with E-state index in [2.05, 4.69) is 17.0 Å². The smallest absolute Gasteiger partial charge is 0.255 e. The van der Waals surface area contributed by atoms with E-state index in [0.717, 1.165) is 19.3 Å².